The zero-order valence-corrected chi connectivity index (χ0v) is 22.9. The summed E-state index contributed by atoms with van der Waals surface area (Å²) >= 11 is 0. The van der Waals surface area contributed by atoms with Crippen molar-refractivity contribution in [2.24, 2.45) is 0 Å². The van der Waals surface area contributed by atoms with Gasteiger partial charge in [-0.05, 0) is 50.7 Å². The van der Waals surface area contributed by atoms with Crippen LogP contribution in [0, 0.1) is 5.82 Å². The van der Waals surface area contributed by atoms with Gasteiger partial charge in [0.25, 0.3) is 5.91 Å². The first-order valence-electron chi connectivity index (χ1n) is 13.8. The molecule has 7 rings (SSSR count). The standard InChI is InChI=1S/C30H30FN7O3/c1-36(2)11-12-38-27-21(30(29(38)40)8-13-41-14-9-30)4-6-24(35-27)34-22-5-3-19(20-16-33-28(39)26(20)22)23-17-32-25-15-18(31)7-10-37(23)25/h3-7,10,15,17H,8-9,11-14,16H2,1-2H3,(H,33,39)(H,34,35). The third kappa shape index (κ3) is 4.07. The number of aromatic nitrogens is 3. The highest BCUT2D eigenvalue weighted by atomic mass is 19.1. The lowest BCUT2D eigenvalue weighted by Crippen LogP contribution is -2.45. The van der Waals surface area contributed by atoms with E-state index in [0.29, 0.717) is 74.2 Å². The summed E-state index contributed by atoms with van der Waals surface area (Å²) in [6.45, 7) is 2.70. The highest BCUT2D eigenvalue weighted by Gasteiger charge is 2.52. The van der Waals surface area contributed by atoms with Crippen molar-refractivity contribution in [2.75, 3.05) is 50.6 Å². The highest BCUT2D eigenvalue weighted by molar-refractivity contribution is 6.08. The van der Waals surface area contributed by atoms with Crippen molar-refractivity contribution in [1.29, 1.82) is 0 Å². The zero-order chi connectivity index (χ0) is 28.3. The maximum atomic E-state index is 13.8. The number of benzene rings is 1. The fourth-order valence-electron chi connectivity index (χ4n) is 6.26. The molecule has 2 amide bonds. The summed E-state index contributed by atoms with van der Waals surface area (Å²) in [5.41, 5.74) is 4.42. The summed E-state index contributed by atoms with van der Waals surface area (Å²) in [5, 5.41) is 6.29. The average Bonchev–Trinajstić information content (AvgIpc) is 3.62. The van der Waals surface area contributed by atoms with E-state index in [0.717, 1.165) is 22.4 Å². The molecule has 3 aliphatic heterocycles. The van der Waals surface area contributed by atoms with E-state index >= 15 is 0 Å². The van der Waals surface area contributed by atoms with E-state index in [2.05, 4.69) is 15.6 Å². The predicted molar refractivity (Wildman–Crippen MR) is 152 cm³/mol. The maximum absolute atomic E-state index is 13.8. The van der Waals surface area contributed by atoms with Gasteiger partial charge in [-0.3, -0.25) is 18.9 Å². The first-order valence-corrected chi connectivity index (χ1v) is 13.8. The summed E-state index contributed by atoms with van der Waals surface area (Å²) in [6, 6.07) is 10.4. The van der Waals surface area contributed by atoms with Crippen LogP contribution in [0.25, 0.3) is 16.9 Å². The van der Waals surface area contributed by atoms with Gasteiger partial charge in [-0.25, -0.2) is 14.4 Å². The largest absolute Gasteiger partial charge is 0.381 e. The molecule has 10 nitrogen and oxygen atoms in total. The number of hydrogen-bond donors (Lipinski definition) is 2. The van der Waals surface area contributed by atoms with Crippen LogP contribution in [0.2, 0.25) is 0 Å². The Bertz CT molecular complexity index is 1710. The van der Waals surface area contributed by atoms with Crippen molar-refractivity contribution in [1.82, 2.24) is 24.6 Å². The molecule has 0 radical (unpaired) electrons. The van der Waals surface area contributed by atoms with E-state index in [1.165, 1.54) is 12.1 Å². The van der Waals surface area contributed by atoms with Gasteiger partial charge < -0.3 is 20.3 Å². The van der Waals surface area contributed by atoms with Crippen LogP contribution in [0.3, 0.4) is 0 Å². The van der Waals surface area contributed by atoms with Crippen LogP contribution in [-0.4, -0.2) is 71.5 Å². The van der Waals surface area contributed by atoms with Gasteiger partial charge in [-0.1, -0.05) is 12.1 Å². The quantitative estimate of drug-likeness (QED) is 0.376. The Kier molecular flexibility index (Phi) is 6.02. The number of pyridine rings is 2. The Balaban J connectivity index is 1.26. The second-order valence-corrected chi connectivity index (χ2v) is 11.1. The van der Waals surface area contributed by atoms with Crippen molar-refractivity contribution >= 4 is 34.8 Å². The number of hydrogen-bond acceptors (Lipinski definition) is 7. The summed E-state index contributed by atoms with van der Waals surface area (Å²) in [6.07, 6.45) is 4.60. The lowest BCUT2D eigenvalue weighted by Gasteiger charge is -2.32. The molecule has 0 atom stereocenters. The number of carbonyl (C=O) groups excluding carboxylic acids is 2. The minimum Gasteiger partial charge on any atom is -0.381 e. The van der Waals surface area contributed by atoms with Gasteiger partial charge in [-0.2, -0.15) is 0 Å². The Labute approximate surface area is 236 Å². The minimum atomic E-state index is -0.606. The van der Waals surface area contributed by atoms with Crippen molar-refractivity contribution in [3.63, 3.8) is 0 Å². The molecule has 41 heavy (non-hydrogen) atoms. The van der Waals surface area contributed by atoms with Gasteiger partial charge in [0, 0.05) is 56.2 Å². The molecule has 6 heterocycles. The van der Waals surface area contributed by atoms with Gasteiger partial charge >= 0.3 is 0 Å². The first-order chi connectivity index (χ1) is 19.9. The van der Waals surface area contributed by atoms with E-state index in [1.807, 2.05) is 47.7 Å². The summed E-state index contributed by atoms with van der Waals surface area (Å²) in [4.78, 5) is 40.0. The molecule has 11 heteroatoms. The normalized spacial score (nSPS) is 17.4. The lowest BCUT2D eigenvalue weighted by atomic mass is 9.75. The highest BCUT2D eigenvalue weighted by Crippen LogP contribution is 2.47. The summed E-state index contributed by atoms with van der Waals surface area (Å²) in [7, 11) is 3.97. The van der Waals surface area contributed by atoms with E-state index in [4.69, 9.17) is 9.72 Å². The molecule has 0 bridgehead atoms. The molecular formula is C30H30FN7O3. The van der Waals surface area contributed by atoms with Crippen molar-refractivity contribution in [2.45, 2.75) is 24.8 Å². The van der Waals surface area contributed by atoms with Crippen molar-refractivity contribution < 1.29 is 18.7 Å². The zero-order valence-electron chi connectivity index (χ0n) is 22.9. The van der Waals surface area contributed by atoms with Crippen LogP contribution in [0.15, 0.2) is 48.8 Å². The number of fused-ring (bicyclic) bond motifs is 4. The number of nitrogens with zero attached hydrogens (tertiary/aromatic N) is 5. The number of amides is 2. The van der Waals surface area contributed by atoms with Crippen LogP contribution in [0.5, 0.6) is 0 Å². The van der Waals surface area contributed by atoms with Crippen LogP contribution >= 0.6 is 0 Å². The van der Waals surface area contributed by atoms with Crippen LogP contribution in [0.4, 0.5) is 21.7 Å². The molecule has 210 valence electrons. The molecule has 4 aromatic rings. The predicted octanol–water partition coefficient (Wildman–Crippen LogP) is 3.48. The van der Waals surface area contributed by atoms with Crippen LogP contribution in [0.1, 0.15) is 34.3 Å². The Morgan fingerprint density at radius 3 is 2.78 bits per heavy atom. The minimum absolute atomic E-state index is 0.0832. The van der Waals surface area contributed by atoms with Gasteiger partial charge in [0.1, 0.15) is 23.1 Å². The van der Waals surface area contributed by atoms with Crippen molar-refractivity contribution in [3.8, 4) is 11.3 Å². The molecule has 1 fully saturated rings. The topological polar surface area (TPSA) is 104 Å². The summed E-state index contributed by atoms with van der Waals surface area (Å²) in [5.74, 6) is 0.756. The third-order valence-corrected chi connectivity index (χ3v) is 8.40. The number of likely N-dealkylation sites (N-methyl/N-ethyl adjacent to an activating group) is 1. The van der Waals surface area contributed by atoms with Gasteiger partial charge in [0.05, 0.1) is 28.6 Å². The fraction of sp³-hybridized carbons (Fsp3) is 0.333. The Hall–Kier alpha value is -4.35. The number of halogens is 1. The van der Waals surface area contributed by atoms with Gasteiger partial charge in [0.2, 0.25) is 5.91 Å². The second kappa shape index (κ2) is 9.64. The Morgan fingerprint density at radius 2 is 1.98 bits per heavy atom. The van der Waals surface area contributed by atoms with Crippen molar-refractivity contribution in [3.05, 3.63) is 71.3 Å². The average molecular weight is 556 g/mol. The molecule has 2 N–H and O–H groups in total. The SMILES string of the molecule is CN(C)CCN1C(=O)C2(CCOCC2)c2ccc(Nc3ccc(-c4cnc5cc(F)ccn45)c4c3C(=O)NC4)nc21. The van der Waals surface area contributed by atoms with Gasteiger partial charge in [-0.15, -0.1) is 0 Å². The molecule has 0 aliphatic carbocycles. The first kappa shape index (κ1) is 25.6. The fourth-order valence-corrected chi connectivity index (χ4v) is 6.26. The monoisotopic (exact) mass is 555 g/mol. The summed E-state index contributed by atoms with van der Waals surface area (Å²) < 4.78 is 21.1. The van der Waals surface area contributed by atoms with E-state index in [-0.39, 0.29) is 17.6 Å². The molecule has 3 aliphatic rings. The van der Waals surface area contributed by atoms with E-state index in [9.17, 15) is 14.0 Å². The molecule has 3 aromatic heterocycles. The third-order valence-electron chi connectivity index (χ3n) is 8.40. The smallest absolute Gasteiger partial charge is 0.254 e. The number of anilines is 3. The molecule has 0 saturated carbocycles. The van der Waals surface area contributed by atoms with E-state index in [1.54, 1.807) is 17.3 Å². The van der Waals surface area contributed by atoms with E-state index < -0.39 is 5.41 Å². The maximum Gasteiger partial charge on any atom is 0.254 e. The van der Waals surface area contributed by atoms with Gasteiger partial charge in [0.15, 0.2) is 0 Å². The number of carbonyl (C=O) groups is 2. The molecule has 1 saturated heterocycles. The number of imidazole rings is 1. The second-order valence-electron chi connectivity index (χ2n) is 11.1. The Morgan fingerprint density at radius 1 is 1.15 bits per heavy atom. The number of nitrogens with one attached hydrogen (secondary N) is 2. The molecule has 1 spiro atoms. The number of rotatable bonds is 6. The lowest BCUT2D eigenvalue weighted by molar-refractivity contribution is -0.126. The van der Waals surface area contributed by atoms with Crippen LogP contribution < -0.4 is 15.5 Å². The molecular weight excluding hydrogens is 525 g/mol. The van der Waals surface area contributed by atoms with Crippen LogP contribution in [-0.2, 0) is 21.5 Å². The molecule has 0 unspecified atom stereocenters. The number of ether oxygens (including phenoxy) is 1. The molecule has 1 aromatic carbocycles.